The number of hydrogen-bond acceptors (Lipinski definition) is 2. The quantitative estimate of drug-likeness (QED) is 0.795. The van der Waals surface area contributed by atoms with Gasteiger partial charge in [0.15, 0.2) is 5.82 Å². The van der Waals surface area contributed by atoms with Crippen molar-refractivity contribution >= 4 is 27.5 Å². The summed E-state index contributed by atoms with van der Waals surface area (Å²) in [4.78, 5) is 14.4. The Bertz CT molecular complexity index is 550. The van der Waals surface area contributed by atoms with Crippen LogP contribution in [0.3, 0.4) is 0 Å². The fourth-order valence-electron chi connectivity index (χ4n) is 2.39. The molecule has 1 saturated carbocycles. The maximum absolute atomic E-state index is 14.5. The molecule has 1 aliphatic carbocycles. The maximum atomic E-state index is 14.5. The highest BCUT2D eigenvalue weighted by Crippen LogP contribution is 2.41. The molecule has 1 aromatic carbocycles. The lowest BCUT2D eigenvalue weighted by Gasteiger charge is -2.41. The van der Waals surface area contributed by atoms with Crippen LogP contribution in [0.5, 0.6) is 5.75 Å². The molecule has 1 aliphatic rings. The SMILES string of the molecule is COc1cc(Br)cc(F)c1N(C(=O)C(C)(C)C)C1CCC1. The van der Waals surface area contributed by atoms with Crippen LogP contribution in [-0.4, -0.2) is 19.1 Å². The summed E-state index contributed by atoms with van der Waals surface area (Å²) in [5.41, 5.74) is -0.314. The standard InChI is InChI=1S/C16H21BrFNO2/c1-16(2,3)15(20)19(11-6-5-7-11)14-12(18)8-10(17)9-13(14)21-4/h8-9,11H,5-7H2,1-4H3. The van der Waals surface area contributed by atoms with E-state index in [1.165, 1.54) is 13.2 Å². The Balaban J connectivity index is 2.54. The van der Waals surface area contributed by atoms with Gasteiger partial charge in [-0.05, 0) is 31.4 Å². The van der Waals surface area contributed by atoms with E-state index < -0.39 is 11.2 Å². The van der Waals surface area contributed by atoms with Crippen LogP contribution in [0.25, 0.3) is 0 Å². The second-order valence-electron chi connectivity index (χ2n) is 6.45. The molecule has 0 heterocycles. The molecule has 5 heteroatoms. The van der Waals surface area contributed by atoms with Crippen LogP contribution in [-0.2, 0) is 4.79 Å². The van der Waals surface area contributed by atoms with Crippen molar-refractivity contribution in [1.29, 1.82) is 0 Å². The van der Waals surface area contributed by atoms with Crippen LogP contribution in [0.2, 0.25) is 0 Å². The largest absolute Gasteiger partial charge is 0.494 e. The van der Waals surface area contributed by atoms with Crippen LogP contribution < -0.4 is 9.64 Å². The van der Waals surface area contributed by atoms with Gasteiger partial charge in [0.2, 0.25) is 5.91 Å². The third kappa shape index (κ3) is 3.23. The molecular formula is C16H21BrFNO2. The predicted octanol–water partition coefficient (Wildman–Crippen LogP) is 4.53. The second kappa shape index (κ2) is 5.95. The third-order valence-corrected chi connectivity index (χ3v) is 4.21. The van der Waals surface area contributed by atoms with Gasteiger partial charge in [-0.3, -0.25) is 4.79 Å². The molecule has 116 valence electrons. The molecule has 0 bridgehead atoms. The highest BCUT2D eigenvalue weighted by Gasteiger charge is 2.38. The van der Waals surface area contributed by atoms with Crippen molar-refractivity contribution in [1.82, 2.24) is 0 Å². The van der Waals surface area contributed by atoms with Crippen LogP contribution in [0.15, 0.2) is 16.6 Å². The molecule has 0 aromatic heterocycles. The van der Waals surface area contributed by atoms with Gasteiger partial charge in [-0.1, -0.05) is 36.7 Å². The van der Waals surface area contributed by atoms with Gasteiger partial charge in [-0.15, -0.1) is 0 Å². The summed E-state index contributed by atoms with van der Waals surface area (Å²) < 4.78 is 20.4. The topological polar surface area (TPSA) is 29.5 Å². The van der Waals surface area contributed by atoms with Crippen molar-refractivity contribution in [3.63, 3.8) is 0 Å². The van der Waals surface area contributed by atoms with E-state index in [0.29, 0.717) is 10.2 Å². The summed E-state index contributed by atoms with van der Waals surface area (Å²) in [6.07, 6.45) is 2.88. The first-order valence-electron chi connectivity index (χ1n) is 7.12. The number of rotatable bonds is 3. The molecule has 1 aromatic rings. The number of hydrogen-bond donors (Lipinski definition) is 0. The Morgan fingerprint density at radius 1 is 1.38 bits per heavy atom. The van der Waals surface area contributed by atoms with Gasteiger partial charge in [-0.2, -0.15) is 0 Å². The summed E-state index contributed by atoms with van der Waals surface area (Å²) in [7, 11) is 1.49. The molecule has 1 fully saturated rings. The third-order valence-electron chi connectivity index (χ3n) is 3.75. The number of carbonyl (C=O) groups is 1. The fraction of sp³-hybridized carbons (Fsp3) is 0.562. The van der Waals surface area contributed by atoms with Gasteiger partial charge in [-0.25, -0.2) is 4.39 Å². The molecule has 0 spiro atoms. The minimum absolute atomic E-state index is 0.0568. The highest BCUT2D eigenvalue weighted by atomic mass is 79.9. The molecule has 0 N–H and O–H groups in total. The Hall–Kier alpha value is -1.10. The normalized spacial score (nSPS) is 15.5. The van der Waals surface area contributed by atoms with E-state index >= 15 is 0 Å². The van der Waals surface area contributed by atoms with Crippen LogP contribution >= 0.6 is 15.9 Å². The van der Waals surface area contributed by atoms with E-state index in [4.69, 9.17) is 4.74 Å². The summed E-state index contributed by atoms with van der Waals surface area (Å²) in [6.45, 7) is 5.55. The number of nitrogens with zero attached hydrogens (tertiary/aromatic N) is 1. The summed E-state index contributed by atoms with van der Waals surface area (Å²) >= 11 is 3.26. The molecule has 0 unspecified atom stereocenters. The number of ether oxygens (including phenoxy) is 1. The zero-order valence-electron chi connectivity index (χ0n) is 12.9. The molecule has 21 heavy (non-hydrogen) atoms. The van der Waals surface area contributed by atoms with Crippen molar-refractivity contribution in [2.45, 2.75) is 46.1 Å². The van der Waals surface area contributed by atoms with E-state index in [-0.39, 0.29) is 17.6 Å². The molecule has 0 saturated heterocycles. The molecular weight excluding hydrogens is 337 g/mol. The highest BCUT2D eigenvalue weighted by molar-refractivity contribution is 9.10. The summed E-state index contributed by atoms with van der Waals surface area (Å²) in [5, 5.41) is 0. The lowest BCUT2D eigenvalue weighted by atomic mass is 9.87. The number of anilines is 1. The van der Waals surface area contributed by atoms with Gasteiger partial charge in [0.25, 0.3) is 0 Å². The van der Waals surface area contributed by atoms with E-state index in [1.807, 2.05) is 20.8 Å². The van der Waals surface area contributed by atoms with Gasteiger partial charge in [0.05, 0.1) is 7.11 Å². The number of carbonyl (C=O) groups excluding carboxylic acids is 1. The second-order valence-corrected chi connectivity index (χ2v) is 7.36. The van der Waals surface area contributed by atoms with Gasteiger partial charge in [0, 0.05) is 15.9 Å². The first kappa shape index (κ1) is 16.3. The van der Waals surface area contributed by atoms with E-state index in [2.05, 4.69) is 15.9 Å². The van der Waals surface area contributed by atoms with Crippen molar-refractivity contribution in [2.75, 3.05) is 12.0 Å². The average molecular weight is 358 g/mol. The Labute approximate surface area is 133 Å². The van der Waals surface area contributed by atoms with Crippen molar-refractivity contribution in [3.8, 4) is 5.75 Å². The monoisotopic (exact) mass is 357 g/mol. The summed E-state index contributed by atoms with van der Waals surface area (Å²) in [6, 6.07) is 3.13. The van der Waals surface area contributed by atoms with E-state index in [1.54, 1.807) is 11.0 Å². The molecule has 1 amide bonds. The zero-order chi connectivity index (χ0) is 15.8. The Morgan fingerprint density at radius 3 is 2.43 bits per heavy atom. The minimum Gasteiger partial charge on any atom is -0.494 e. The molecule has 3 nitrogen and oxygen atoms in total. The number of benzene rings is 1. The Morgan fingerprint density at radius 2 is 2.00 bits per heavy atom. The van der Waals surface area contributed by atoms with Gasteiger partial charge in [0.1, 0.15) is 11.4 Å². The van der Waals surface area contributed by atoms with Gasteiger partial charge < -0.3 is 9.64 Å². The van der Waals surface area contributed by atoms with Gasteiger partial charge >= 0.3 is 0 Å². The van der Waals surface area contributed by atoms with Crippen LogP contribution in [0.1, 0.15) is 40.0 Å². The molecule has 2 rings (SSSR count). The van der Waals surface area contributed by atoms with Crippen molar-refractivity contribution in [2.24, 2.45) is 5.41 Å². The minimum atomic E-state index is -0.569. The maximum Gasteiger partial charge on any atom is 0.232 e. The van der Waals surface area contributed by atoms with E-state index in [9.17, 15) is 9.18 Å². The zero-order valence-corrected chi connectivity index (χ0v) is 14.5. The number of amides is 1. The Kier molecular flexibility index (Phi) is 4.61. The predicted molar refractivity (Wildman–Crippen MR) is 85.2 cm³/mol. The van der Waals surface area contributed by atoms with Crippen molar-refractivity contribution in [3.05, 3.63) is 22.4 Å². The van der Waals surface area contributed by atoms with Crippen molar-refractivity contribution < 1.29 is 13.9 Å². The fourth-order valence-corrected chi connectivity index (χ4v) is 2.80. The molecule has 0 aliphatic heterocycles. The number of methoxy groups -OCH3 is 1. The lowest BCUT2D eigenvalue weighted by Crippen LogP contribution is -2.49. The van der Waals surface area contributed by atoms with Crippen LogP contribution in [0, 0.1) is 11.2 Å². The van der Waals surface area contributed by atoms with E-state index in [0.717, 1.165) is 19.3 Å². The first-order valence-corrected chi connectivity index (χ1v) is 7.91. The number of halogens is 2. The summed E-state index contributed by atoms with van der Waals surface area (Å²) in [5.74, 6) is -0.135. The molecule has 0 radical (unpaired) electrons. The molecule has 0 atom stereocenters. The first-order chi connectivity index (χ1) is 9.75. The smallest absolute Gasteiger partial charge is 0.232 e. The lowest BCUT2D eigenvalue weighted by molar-refractivity contribution is -0.126. The average Bonchev–Trinajstić information content (AvgIpc) is 2.31. The van der Waals surface area contributed by atoms with Crippen LogP contribution in [0.4, 0.5) is 10.1 Å².